The van der Waals surface area contributed by atoms with Gasteiger partial charge >= 0.3 is 0 Å². The van der Waals surface area contributed by atoms with E-state index in [1.807, 2.05) is 11.5 Å². The van der Waals surface area contributed by atoms with E-state index in [2.05, 4.69) is 43.3 Å². The maximum absolute atomic E-state index is 13.3. The fourth-order valence-electron chi connectivity index (χ4n) is 4.54. The maximum atomic E-state index is 13.3. The number of rotatable bonds is 8. The van der Waals surface area contributed by atoms with Crippen molar-refractivity contribution in [3.05, 3.63) is 78.1 Å². The SMILES string of the molecule is CC(Nc1cncc(-n2cnc3ccc(CN4CCN(CCN)CC4)cc32)n1)c1ccc(F)cc1. The summed E-state index contributed by atoms with van der Waals surface area (Å²) in [4.78, 5) is 18.6. The number of piperazine rings is 1. The van der Waals surface area contributed by atoms with Crippen LogP contribution in [-0.4, -0.2) is 68.6 Å². The molecule has 1 aliphatic rings. The molecule has 0 bridgehead atoms. The lowest BCUT2D eigenvalue weighted by Gasteiger charge is -2.34. The number of halogens is 1. The lowest BCUT2D eigenvalue weighted by atomic mass is 10.1. The average molecular weight is 475 g/mol. The summed E-state index contributed by atoms with van der Waals surface area (Å²) in [7, 11) is 0. The van der Waals surface area contributed by atoms with Gasteiger partial charge in [-0.25, -0.2) is 14.4 Å². The predicted molar refractivity (Wildman–Crippen MR) is 136 cm³/mol. The van der Waals surface area contributed by atoms with Crippen LogP contribution in [0.4, 0.5) is 10.2 Å². The minimum Gasteiger partial charge on any atom is -0.362 e. The summed E-state index contributed by atoms with van der Waals surface area (Å²) >= 11 is 0. The third-order valence-corrected chi connectivity index (χ3v) is 6.53. The summed E-state index contributed by atoms with van der Waals surface area (Å²) in [5.74, 6) is 1.09. The van der Waals surface area contributed by atoms with E-state index in [1.54, 1.807) is 30.9 Å². The molecule has 2 aromatic heterocycles. The Morgan fingerprint density at radius 1 is 1.03 bits per heavy atom. The molecule has 1 atom stereocenters. The number of nitrogens with two attached hydrogens (primary N) is 1. The Labute approximate surface area is 204 Å². The van der Waals surface area contributed by atoms with Crippen LogP contribution in [0.2, 0.25) is 0 Å². The molecule has 1 unspecified atom stereocenters. The Hall–Kier alpha value is -3.40. The molecule has 1 saturated heterocycles. The Kier molecular flexibility index (Phi) is 6.98. The molecule has 8 nitrogen and oxygen atoms in total. The summed E-state index contributed by atoms with van der Waals surface area (Å²) < 4.78 is 15.2. The van der Waals surface area contributed by atoms with Gasteiger partial charge in [0.1, 0.15) is 18.0 Å². The fraction of sp³-hybridized carbons (Fsp3) is 0.346. The summed E-state index contributed by atoms with van der Waals surface area (Å²) in [5.41, 5.74) is 9.84. The van der Waals surface area contributed by atoms with Gasteiger partial charge in [0, 0.05) is 51.9 Å². The average Bonchev–Trinajstić information content (AvgIpc) is 3.29. The van der Waals surface area contributed by atoms with E-state index in [9.17, 15) is 4.39 Å². The molecular formula is C26H31FN8. The maximum Gasteiger partial charge on any atom is 0.159 e. The minimum absolute atomic E-state index is 0.0448. The zero-order valence-corrected chi connectivity index (χ0v) is 19.9. The number of hydrogen-bond acceptors (Lipinski definition) is 7. The zero-order valence-electron chi connectivity index (χ0n) is 19.9. The first-order valence-electron chi connectivity index (χ1n) is 12.0. The number of hydrogen-bond donors (Lipinski definition) is 2. The van der Waals surface area contributed by atoms with Crippen molar-refractivity contribution in [2.24, 2.45) is 5.73 Å². The predicted octanol–water partition coefficient (Wildman–Crippen LogP) is 3.20. The van der Waals surface area contributed by atoms with Crippen molar-refractivity contribution in [2.75, 3.05) is 44.6 Å². The molecular weight excluding hydrogens is 443 g/mol. The standard InChI is InChI=1S/C26H31FN8/c1-19(21-3-5-22(27)6-4-21)31-25-15-29-16-26(32-25)35-18-30-23-7-2-20(14-24(23)35)17-34-12-10-33(9-8-28)11-13-34/h2-7,14-16,18-19H,8-13,17,28H2,1H3,(H,31,32). The molecule has 2 aromatic carbocycles. The quantitative estimate of drug-likeness (QED) is 0.405. The number of nitrogens with zero attached hydrogens (tertiary/aromatic N) is 6. The van der Waals surface area contributed by atoms with E-state index in [0.717, 1.165) is 55.9 Å². The normalized spacial score (nSPS) is 16.0. The van der Waals surface area contributed by atoms with Gasteiger partial charge in [0.25, 0.3) is 0 Å². The van der Waals surface area contributed by atoms with Crippen LogP contribution in [0.15, 0.2) is 61.2 Å². The monoisotopic (exact) mass is 474 g/mol. The Balaban J connectivity index is 1.32. The lowest BCUT2D eigenvalue weighted by Crippen LogP contribution is -2.47. The second kappa shape index (κ2) is 10.5. The molecule has 1 aliphatic heterocycles. The van der Waals surface area contributed by atoms with Gasteiger partial charge in [-0.05, 0) is 42.3 Å². The van der Waals surface area contributed by atoms with E-state index in [1.165, 1.54) is 17.7 Å². The molecule has 35 heavy (non-hydrogen) atoms. The first-order chi connectivity index (χ1) is 17.1. The summed E-state index contributed by atoms with van der Waals surface area (Å²) in [6.07, 6.45) is 5.22. The first kappa shape index (κ1) is 23.3. The van der Waals surface area contributed by atoms with Crippen molar-refractivity contribution in [3.63, 3.8) is 0 Å². The van der Waals surface area contributed by atoms with Crippen LogP contribution < -0.4 is 11.1 Å². The molecule has 3 N–H and O–H groups in total. The number of nitrogens with one attached hydrogen (secondary N) is 1. The van der Waals surface area contributed by atoms with Gasteiger partial charge in [-0.3, -0.25) is 19.4 Å². The van der Waals surface area contributed by atoms with Gasteiger partial charge < -0.3 is 11.1 Å². The molecule has 0 radical (unpaired) electrons. The first-order valence-corrected chi connectivity index (χ1v) is 12.0. The van der Waals surface area contributed by atoms with E-state index in [4.69, 9.17) is 10.7 Å². The Bertz CT molecular complexity index is 1260. The van der Waals surface area contributed by atoms with Crippen molar-refractivity contribution in [1.29, 1.82) is 0 Å². The van der Waals surface area contributed by atoms with Crippen molar-refractivity contribution in [2.45, 2.75) is 19.5 Å². The van der Waals surface area contributed by atoms with Crippen molar-refractivity contribution >= 4 is 16.9 Å². The highest BCUT2D eigenvalue weighted by atomic mass is 19.1. The van der Waals surface area contributed by atoms with Gasteiger partial charge in [0.2, 0.25) is 0 Å². The van der Waals surface area contributed by atoms with Gasteiger partial charge in [0.05, 0.1) is 23.4 Å². The van der Waals surface area contributed by atoms with Gasteiger partial charge in [-0.2, -0.15) is 0 Å². The van der Waals surface area contributed by atoms with Crippen LogP contribution >= 0.6 is 0 Å². The molecule has 0 amide bonds. The van der Waals surface area contributed by atoms with Crippen LogP contribution in [0.5, 0.6) is 0 Å². The Morgan fingerprint density at radius 2 is 1.80 bits per heavy atom. The molecule has 0 spiro atoms. The number of fused-ring (bicyclic) bond motifs is 1. The number of benzene rings is 2. The van der Waals surface area contributed by atoms with E-state index >= 15 is 0 Å². The van der Waals surface area contributed by atoms with Crippen LogP contribution in [0, 0.1) is 5.82 Å². The number of anilines is 1. The van der Waals surface area contributed by atoms with E-state index < -0.39 is 0 Å². The molecule has 5 rings (SSSR count). The number of imidazole rings is 1. The second-order valence-electron chi connectivity index (χ2n) is 9.02. The minimum atomic E-state index is -0.247. The second-order valence-corrected chi connectivity index (χ2v) is 9.02. The van der Waals surface area contributed by atoms with Crippen LogP contribution in [0.3, 0.4) is 0 Å². The van der Waals surface area contributed by atoms with E-state index in [0.29, 0.717) is 18.2 Å². The van der Waals surface area contributed by atoms with Crippen molar-refractivity contribution in [3.8, 4) is 5.82 Å². The molecule has 1 fully saturated rings. The highest BCUT2D eigenvalue weighted by Crippen LogP contribution is 2.22. The third-order valence-electron chi connectivity index (χ3n) is 6.53. The largest absolute Gasteiger partial charge is 0.362 e. The molecule has 182 valence electrons. The Morgan fingerprint density at radius 3 is 2.57 bits per heavy atom. The van der Waals surface area contributed by atoms with Gasteiger partial charge in [-0.15, -0.1) is 0 Å². The molecule has 9 heteroatoms. The summed E-state index contributed by atoms with van der Waals surface area (Å²) in [6, 6.07) is 12.8. The van der Waals surface area contributed by atoms with Crippen molar-refractivity contribution < 1.29 is 4.39 Å². The fourth-order valence-corrected chi connectivity index (χ4v) is 4.54. The molecule has 0 aliphatic carbocycles. The molecule has 0 saturated carbocycles. The van der Waals surface area contributed by atoms with Crippen molar-refractivity contribution in [1.82, 2.24) is 29.3 Å². The van der Waals surface area contributed by atoms with Crippen LogP contribution in [-0.2, 0) is 6.54 Å². The summed E-state index contributed by atoms with van der Waals surface area (Å²) in [5, 5.41) is 3.36. The topological polar surface area (TPSA) is 88.1 Å². The van der Waals surface area contributed by atoms with Gasteiger partial charge in [0.15, 0.2) is 5.82 Å². The van der Waals surface area contributed by atoms with Crippen LogP contribution in [0.25, 0.3) is 16.9 Å². The summed E-state index contributed by atoms with van der Waals surface area (Å²) in [6.45, 7) is 8.80. The van der Waals surface area contributed by atoms with E-state index in [-0.39, 0.29) is 11.9 Å². The third kappa shape index (κ3) is 5.48. The van der Waals surface area contributed by atoms with Crippen LogP contribution in [0.1, 0.15) is 24.1 Å². The molecule has 3 heterocycles. The van der Waals surface area contributed by atoms with Gasteiger partial charge in [-0.1, -0.05) is 18.2 Å². The zero-order chi connectivity index (χ0) is 24.2. The molecule has 4 aromatic rings. The highest BCUT2D eigenvalue weighted by molar-refractivity contribution is 5.77. The lowest BCUT2D eigenvalue weighted by molar-refractivity contribution is 0.130. The highest BCUT2D eigenvalue weighted by Gasteiger charge is 2.17. The number of aromatic nitrogens is 4. The smallest absolute Gasteiger partial charge is 0.159 e.